The van der Waals surface area contributed by atoms with E-state index in [1.165, 1.54) is 4.90 Å². The number of hydrogen-bond acceptors (Lipinski definition) is 4. The largest absolute Gasteiger partial charge is 0.507 e. The number of nitrogens with zero attached hydrogens (tertiary/aromatic N) is 1. The topological polar surface area (TPSA) is 57.6 Å². The van der Waals surface area contributed by atoms with E-state index >= 15 is 0 Å². The number of hydrogen-bond donors (Lipinski definition) is 1. The maximum Gasteiger partial charge on any atom is 0.293 e. The summed E-state index contributed by atoms with van der Waals surface area (Å²) in [5.41, 5.74) is 3.60. The highest BCUT2D eigenvalue weighted by molar-refractivity contribution is 14.1. The van der Waals surface area contributed by atoms with Crippen molar-refractivity contribution in [3.63, 3.8) is 0 Å². The van der Waals surface area contributed by atoms with Gasteiger partial charge in [0.1, 0.15) is 5.75 Å². The van der Waals surface area contributed by atoms with Crippen molar-refractivity contribution in [2.75, 3.05) is 0 Å². The van der Waals surface area contributed by atoms with Gasteiger partial charge in [-0.2, -0.15) is 0 Å². The lowest BCUT2D eigenvalue weighted by molar-refractivity contribution is -0.123. The molecule has 3 aromatic carbocycles. The van der Waals surface area contributed by atoms with Crippen molar-refractivity contribution in [2.45, 2.75) is 13.0 Å². The van der Waals surface area contributed by atoms with Crippen molar-refractivity contribution in [2.24, 2.45) is 0 Å². The fraction of sp³-hybridized carbons (Fsp3) is 0.0833. The van der Waals surface area contributed by atoms with Gasteiger partial charge in [0.25, 0.3) is 11.1 Å². The number of carbonyl (C=O) groups is 2. The lowest BCUT2D eigenvalue weighted by Gasteiger charge is -2.12. The summed E-state index contributed by atoms with van der Waals surface area (Å²) in [6, 6.07) is 23.1. The molecular formula is C24H18INO3S. The van der Waals surface area contributed by atoms with Gasteiger partial charge in [-0.05, 0) is 87.8 Å². The number of amides is 2. The number of imide groups is 1. The fourth-order valence-electron chi connectivity index (χ4n) is 3.21. The van der Waals surface area contributed by atoms with Crippen LogP contribution in [0.2, 0.25) is 0 Å². The van der Waals surface area contributed by atoms with Crippen molar-refractivity contribution in [1.82, 2.24) is 4.90 Å². The Labute approximate surface area is 192 Å². The van der Waals surface area contributed by atoms with Crippen molar-refractivity contribution in [3.8, 4) is 5.75 Å². The number of halogens is 1. The smallest absolute Gasteiger partial charge is 0.293 e. The summed E-state index contributed by atoms with van der Waals surface area (Å²) < 4.78 is 1.09. The highest BCUT2D eigenvalue weighted by Crippen LogP contribution is 2.35. The molecule has 0 saturated carbocycles. The van der Waals surface area contributed by atoms with Crippen LogP contribution in [0.3, 0.4) is 0 Å². The zero-order valence-corrected chi connectivity index (χ0v) is 18.9. The number of aromatic hydroxyl groups is 1. The Morgan fingerprint density at radius 2 is 1.60 bits per heavy atom. The first-order valence-electron chi connectivity index (χ1n) is 9.35. The third-order valence-corrected chi connectivity index (χ3v) is 6.38. The molecule has 1 N–H and O–H groups in total. The molecule has 6 heteroatoms. The van der Waals surface area contributed by atoms with Gasteiger partial charge in [0.05, 0.1) is 11.4 Å². The first-order chi connectivity index (χ1) is 14.5. The molecule has 0 unspecified atom stereocenters. The minimum Gasteiger partial charge on any atom is -0.507 e. The van der Waals surface area contributed by atoms with Crippen molar-refractivity contribution < 1.29 is 14.7 Å². The lowest BCUT2D eigenvalue weighted by Crippen LogP contribution is -2.27. The molecule has 1 saturated heterocycles. The molecule has 4 nitrogen and oxygen atoms in total. The van der Waals surface area contributed by atoms with Crippen LogP contribution in [-0.4, -0.2) is 21.2 Å². The van der Waals surface area contributed by atoms with E-state index in [-0.39, 0.29) is 23.4 Å². The van der Waals surface area contributed by atoms with Gasteiger partial charge in [-0.3, -0.25) is 14.5 Å². The molecule has 0 aliphatic carbocycles. The number of rotatable bonds is 5. The zero-order chi connectivity index (χ0) is 21.1. The Kier molecular flexibility index (Phi) is 6.24. The number of thioether (sulfide) groups is 1. The molecule has 2 amide bonds. The molecule has 0 spiro atoms. The van der Waals surface area contributed by atoms with Crippen LogP contribution in [-0.2, 0) is 17.8 Å². The molecule has 4 rings (SSSR count). The third-order valence-electron chi connectivity index (χ3n) is 4.76. The summed E-state index contributed by atoms with van der Waals surface area (Å²) in [5, 5.41) is 9.98. The van der Waals surface area contributed by atoms with Crippen LogP contribution in [0.25, 0.3) is 6.08 Å². The first kappa shape index (κ1) is 20.7. The van der Waals surface area contributed by atoms with Gasteiger partial charge in [-0.15, -0.1) is 0 Å². The Morgan fingerprint density at radius 1 is 0.900 bits per heavy atom. The Balaban J connectivity index is 1.55. The van der Waals surface area contributed by atoms with Gasteiger partial charge < -0.3 is 5.11 Å². The van der Waals surface area contributed by atoms with Crippen LogP contribution >= 0.6 is 34.4 Å². The van der Waals surface area contributed by atoms with Crippen molar-refractivity contribution >= 4 is 51.6 Å². The molecule has 1 aliphatic rings. The lowest BCUT2D eigenvalue weighted by atomic mass is 10.0. The predicted molar refractivity (Wildman–Crippen MR) is 128 cm³/mol. The summed E-state index contributed by atoms with van der Waals surface area (Å²) in [7, 11) is 0. The third kappa shape index (κ3) is 4.76. The van der Waals surface area contributed by atoms with Crippen LogP contribution < -0.4 is 0 Å². The van der Waals surface area contributed by atoms with Gasteiger partial charge in [-0.25, -0.2) is 0 Å². The molecule has 0 aromatic heterocycles. The summed E-state index contributed by atoms with van der Waals surface area (Å²) in [6.45, 7) is 0.235. The molecule has 1 fully saturated rings. The quantitative estimate of drug-likeness (QED) is 0.336. The van der Waals surface area contributed by atoms with Gasteiger partial charge in [0.2, 0.25) is 0 Å². The van der Waals surface area contributed by atoms with Crippen LogP contribution in [0, 0.1) is 3.57 Å². The van der Waals surface area contributed by atoms with E-state index < -0.39 is 0 Å². The minimum atomic E-state index is -0.337. The van der Waals surface area contributed by atoms with Gasteiger partial charge >= 0.3 is 0 Å². The monoisotopic (exact) mass is 527 g/mol. The minimum absolute atomic E-state index is 0.0799. The first-order valence-corrected chi connectivity index (χ1v) is 11.2. The second-order valence-electron chi connectivity index (χ2n) is 6.95. The number of phenols is 1. The van der Waals surface area contributed by atoms with E-state index in [4.69, 9.17) is 0 Å². The molecule has 0 atom stereocenters. The summed E-state index contributed by atoms with van der Waals surface area (Å²) >= 11 is 3.12. The van der Waals surface area contributed by atoms with E-state index in [0.29, 0.717) is 10.5 Å². The highest BCUT2D eigenvalue weighted by atomic mass is 127. The van der Waals surface area contributed by atoms with Crippen molar-refractivity contribution in [1.29, 1.82) is 0 Å². The van der Waals surface area contributed by atoms with Crippen LogP contribution in [0.4, 0.5) is 4.79 Å². The van der Waals surface area contributed by atoms with E-state index in [2.05, 4.69) is 22.6 Å². The molecule has 1 heterocycles. The second kappa shape index (κ2) is 9.06. The Bertz CT molecular complexity index is 1130. The molecular weight excluding hydrogens is 509 g/mol. The molecule has 3 aromatic rings. The summed E-state index contributed by atoms with van der Waals surface area (Å²) in [5.74, 6) is -0.257. The average molecular weight is 527 g/mol. The van der Waals surface area contributed by atoms with E-state index in [1.807, 2.05) is 66.7 Å². The standard InChI is InChI=1S/C24H18INO3S/c25-20-9-6-17(7-10-20)15-26-23(28)22(30-24(26)29)14-19-13-18(8-11-21(19)27)12-16-4-2-1-3-5-16/h1-11,13-14,27H,12,15H2/b22-14-. The van der Waals surface area contributed by atoms with Crippen molar-refractivity contribution in [3.05, 3.63) is 104 Å². The number of carbonyl (C=O) groups excluding carboxylic acids is 2. The van der Waals surface area contributed by atoms with E-state index in [1.54, 1.807) is 12.1 Å². The SMILES string of the molecule is O=C1S/C(=C\c2cc(Cc3ccccc3)ccc2O)C(=O)N1Cc1ccc(I)cc1. The van der Waals surface area contributed by atoms with E-state index in [9.17, 15) is 14.7 Å². The molecule has 0 radical (unpaired) electrons. The second-order valence-corrected chi connectivity index (χ2v) is 9.19. The fourth-order valence-corrected chi connectivity index (χ4v) is 4.40. The number of benzene rings is 3. The molecule has 1 aliphatic heterocycles. The molecule has 0 bridgehead atoms. The normalized spacial score (nSPS) is 15.2. The average Bonchev–Trinajstić information content (AvgIpc) is 3.00. The Morgan fingerprint density at radius 3 is 2.33 bits per heavy atom. The zero-order valence-electron chi connectivity index (χ0n) is 15.9. The number of phenolic OH excluding ortho intramolecular Hbond substituents is 1. The summed E-state index contributed by atoms with van der Waals surface area (Å²) in [6.07, 6.45) is 2.32. The van der Waals surface area contributed by atoms with Crippen LogP contribution in [0.5, 0.6) is 5.75 Å². The highest BCUT2D eigenvalue weighted by Gasteiger charge is 2.35. The Hall–Kier alpha value is -2.58. The van der Waals surface area contributed by atoms with E-state index in [0.717, 1.165) is 38.4 Å². The van der Waals surface area contributed by atoms with Crippen LogP contribution in [0.1, 0.15) is 22.3 Å². The van der Waals surface area contributed by atoms with Crippen LogP contribution in [0.15, 0.2) is 77.7 Å². The van der Waals surface area contributed by atoms with Gasteiger partial charge in [0.15, 0.2) is 0 Å². The maximum absolute atomic E-state index is 12.8. The van der Waals surface area contributed by atoms with Gasteiger partial charge in [-0.1, -0.05) is 48.5 Å². The maximum atomic E-state index is 12.8. The molecule has 150 valence electrons. The summed E-state index contributed by atoms with van der Waals surface area (Å²) in [4.78, 5) is 26.8. The predicted octanol–water partition coefficient (Wildman–Crippen LogP) is 5.82. The molecule has 30 heavy (non-hydrogen) atoms. The van der Waals surface area contributed by atoms with Gasteiger partial charge in [0, 0.05) is 9.13 Å².